The first-order valence-corrected chi connectivity index (χ1v) is 5.07. The van der Waals surface area contributed by atoms with Crippen molar-refractivity contribution in [3.05, 3.63) is 30.3 Å². The zero-order valence-electron chi connectivity index (χ0n) is 8.62. The molecule has 0 bridgehead atoms. The molecule has 74 valence electrons. The maximum Gasteiger partial charge on any atom is 0.119 e. The number of para-hydroxylation sites is 1. The van der Waals surface area contributed by atoms with Crippen LogP contribution >= 0.6 is 0 Å². The highest BCUT2D eigenvalue weighted by Gasteiger charge is 1.88. The molecular weight excluding hydrogens is 172 g/mol. The second kappa shape index (κ2) is 7.03. The minimum atomic E-state index is 0.681. The van der Waals surface area contributed by atoms with Crippen LogP contribution in [0.25, 0.3) is 0 Å². The average Bonchev–Trinajstić information content (AvgIpc) is 2.25. The van der Waals surface area contributed by atoms with Crippen LogP contribution in [0, 0.1) is 11.8 Å². The van der Waals surface area contributed by atoms with E-state index in [4.69, 9.17) is 4.74 Å². The number of unbranched alkanes of at least 4 members (excludes halogenated alkanes) is 1. The molecule has 1 nitrogen and oxygen atoms in total. The van der Waals surface area contributed by atoms with Gasteiger partial charge in [-0.15, -0.1) is 5.92 Å². The molecule has 0 unspecified atom stereocenters. The van der Waals surface area contributed by atoms with Gasteiger partial charge in [0.15, 0.2) is 0 Å². The van der Waals surface area contributed by atoms with Crippen LogP contribution in [0.1, 0.15) is 26.2 Å². The molecule has 0 radical (unpaired) electrons. The number of rotatable bonds is 4. The van der Waals surface area contributed by atoms with E-state index in [1.54, 1.807) is 0 Å². The van der Waals surface area contributed by atoms with Gasteiger partial charge in [0.25, 0.3) is 0 Å². The van der Waals surface area contributed by atoms with Crippen LogP contribution in [0.15, 0.2) is 30.3 Å². The molecule has 1 aromatic carbocycles. The zero-order valence-corrected chi connectivity index (χ0v) is 8.62. The van der Waals surface area contributed by atoms with Gasteiger partial charge in [-0.2, -0.15) is 0 Å². The van der Waals surface area contributed by atoms with E-state index in [-0.39, 0.29) is 0 Å². The molecule has 0 amide bonds. The SMILES string of the molecule is CCCC#CCCOc1ccccc1. The number of ether oxygens (including phenoxy) is 1. The van der Waals surface area contributed by atoms with Gasteiger partial charge in [-0.3, -0.25) is 0 Å². The fraction of sp³-hybridized carbons (Fsp3) is 0.385. The first kappa shape index (κ1) is 10.7. The quantitative estimate of drug-likeness (QED) is 0.520. The molecule has 1 heteroatoms. The molecule has 0 heterocycles. The van der Waals surface area contributed by atoms with Gasteiger partial charge in [-0.1, -0.05) is 31.0 Å². The topological polar surface area (TPSA) is 9.23 Å². The van der Waals surface area contributed by atoms with E-state index in [0.29, 0.717) is 6.61 Å². The number of hydrogen-bond donors (Lipinski definition) is 0. The van der Waals surface area contributed by atoms with E-state index < -0.39 is 0 Å². The van der Waals surface area contributed by atoms with Crippen LogP contribution in [-0.4, -0.2) is 6.61 Å². The molecule has 0 aliphatic carbocycles. The van der Waals surface area contributed by atoms with Gasteiger partial charge in [0.05, 0.1) is 6.61 Å². The van der Waals surface area contributed by atoms with E-state index in [9.17, 15) is 0 Å². The third-order valence-corrected chi connectivity index (χ3v) is 1.74. The molecule has 0 spiro atoms. The summed E-state index contributed by atoms with van der Waals surface area (Å²) in [5.41, 5.74) is 0. The van der Waals surface area contributed by atoms with Gasteiger partial charge in [-0.05, 0) is 18.6 Å². The summed E-state index contributed by atoms with van der Waals surface area (Å²) in [6, 6.07) is 9.84. The second-order valence-electron chi connectivity index (χ2n) is 3.02. The van der Waals surface area contributed by atoms with E-state index in [0.717, 1.165) is 25.0 Å². The Morgan fingerprint density at radius 1 is 1.07 bits per heavy atom. The van der Waals surface area contributed by atoms with Gasteiger partial charge in [0, 0.05) is 12.8 Å². The molecule has 14 heavy (non-hydrogen) atoms. The molecule has 1 aromatic rings. The minimum absolute atomic E-state index is 0.681. The van der Waals surface area contributed by atoms with Gasteiger partial charge in [0.1, 0.15) is 5.75 Å². The van der Waals surface area contributed by atoms with Crippen molar-refractivity contribution in [3.8, 4) is 17.6 Å². The summed E-state index contributed by atoms with van der Waals surface area (Å²) < 4.78 is 5.48. The lowest BCUT2D eigenvalue weighted by atomic mass is 10.3. The lowest BCUT2D eigenvalue weighted by molar-refractivity contribution is 0.327. The molecule has 0 saturated heterocycles. The Balaban J connectivity index is 2.14. The van der Waals surface area contributed by atoms with Crippen molar-refractivity contribution < 1.29 is 4.74 Å². The number of hydrogen-bond acceptors (Lipinski definition) is 1. The molecule has 0 saturated carbocycles. The largest absolute Gasteiger partial charge is 0.493 e. The zero-order chi connectivity index (χ0) is 10.1. The highest BCUT2D eigenvalue weighted by atomic mass is 16.5. The van der Waals surface area contributed by atoms with Gasteiger partial charge < -0.3 is 4.74 Å². The van der Waals surface area contributed by atoms with E-state index in [1.807, 2.05) is 30.3 Å². The summed E-state index contributed by atoms with van der Waals surface area (Å²) in [7, 11) is 0. The Hall–Kier alpha value is -1.42. The standard InChI is InChI=1S/C13H16O/c1-2-3-4-5-9-12-14-13-10-7-6-8-11-13/h6-8,10-11H,2-3,9,12H2,1H3. The maximum atomic E-state index is 5.48. The Kier molecular flexibility index (Phi) is 5.35. The molecule has 1 rings (SSSR count). The van der Waals surface area contributed by atoms with Crippen molar-refractivity contribution >= 4 is 0 Å². The minimum Gasteiger partial charge on any atom is -0.493 e. The summed E-state index contributed by atoms with van der Waals surface area (Å²) in [6.45, 7) is 2.82. The van der Waals surface area contributed by atoms with Crippen molar-refractivity contribution in [2.24, 2.45) is 0 Å². The van der Waals surface area contributed by atoms with Crippen molar-refractivity contribution in [2.45, 2.75) is 26.2 Å². The van der Waals surface area contributed by atoms with Crippen molar-refractivity contribution in [2.75, 3.05) is 6.61 Å². The second-order valence-corrected chi connectivity index (χ2v) is 3.02. The lowest BCUT2D eigenvalue weighted by Crippen LogP contribution is -1.94. The van der Waals surface area contributed by atoms with Crippen molar-refractivity contribution in [1.29, 1.82) is 0 Å². The highest BCUT2D eigenvalue weighted by molar-refractivity contribution is 5.20. The van der Waals surface area contributed by atoms with Crippen LogP contribution in [0.5, 0.6) is 5.75 Å². The van der Waals surface area contributed by atoms with Crippen LogP contribution in [0.4, 0.5) is 0 Å². The molecular formula is C13H16O. The summed E-state index contributed by atoms with van der Waals surface area (Å²) in [5.74, 6) is 7.09. The monoisotopic (exact) mass is 188 g/mol. The molecule has 0 aliphatic rings. The van der Waals surface area contributed by atoms with Gasteiger partial charge in [0.2, 0.25) is 0 Å². The van der Waals surface area contributed by atoms with Crippen LogP contribution in [0.3, 0.4) is 0 Å². The summed E-state index contributed by atoms with van der Waals surface area (Å²) in [5, 5.41) is 0. The number of benzene rings is 1. The summed E-state index contributed by atoms with van der Waals surface area (Å²) in [6.07, 6.45) is 2.94. The summed E-state index contributed by atoms with van der Waals surface area (Å²) >= 11 is 0. The Bertz CT molecular complexity index is 292. The fourth-order valence-electron chi connectivity index (χ4n) is 1.04. The first-order valence-electron chi connectivity index (χ1n) is 5.07. The average molecular weight is 188 g/mol. The Morgan fingerprint density at radius 2 is 1.79 bits per heavy atom. The Labute approximate surface area is 86.1 Å². The third-order valence-electron chi connectivity index (χ3n) is 1.74. The van der Waals surface area contributed by atoms with E-state index in [1.165, 1.54) is 0 Å². The lowest BCUT2D eigenvalue weighted by Gasteiger charge is -2.01. The van der Waals surface area contributed by atoms with Crippen LogP contribution in [0.2, 0.25) is 0 Å². The molecule has 0 aromatic heterocycles. The summed E-state index contributed by atoms with van der Waals surface area (Å²) in [4.78, 5) is 0. The predicted octanol–water partition coefficient (Wildman–Crippen LogP) is 3.26. The van der Waals surface area contributed by atoms with Crippen molar-refractivity contribution in [1.82, 2.24) is 0 Å². The normalized spacial score (nSPS) is 8.93. The molecule has 0 atom stereocenters. The first-order chi connectivity index (χ1) is 6.93. The third kappa shape index (κ3) is 4.57. The van der Waals surface area contributed by atoms with Crippen LogP contribution < -0.4 is 4.74 Å². The van der Waals surface area contributed by atoms with Crippen LogP contribution in [-0.2, 0) is 0 Å². The van der Waals surface area contributed by atoms with E-state index >= 15 is 0 Å². The Morgan fingerprint density at radius 3 is 2.50 bits per heavy atom. The smallest absolute Gasteiger partial charge is 0.119 e. The molecule has 0 N–H and O–H groups in total. The van der Waals surface area contributed by atoms with Gasteiger partial charge in [-0.25, -0.2) is 0 Å². The van der Waals surface area contributed by atoms with Gasteiger partial charge >= 0.3 is 0 Å². The van der Waals surface area contributed by atoms with Crippen molar-refractivity contribution in [3.63, 3.8) is 0 Å². The predicted molar refractivity (Wildman–Crippen MR) is 59.2 cm³/mol. The maximum absolute atomic E-state index is 5.48. The molecule has 0 aliphatic heterocycles. The highest BCUT2D eigenvalue weighted by Crippen LogP contribution is 2.07. The molecule has 0 fully saturated rings. The van der Waals surface area contributed by atoms with E-state index in [2.05, 4.69) is 18.8 Å². The fourth-order valence-corrected chi connectivity index (χ4v) is 1.04.